The summed E-state index contributed by atoms with van der Waals surface area (Å²) in [6.07, 6.45) is 0.588. The van der Waals surface area contributed by atoms with E-state index in [1.54, 1.807) is 6.92 Å². The van der Waals surface area contributed by atoms with Crippen molar-refractivity contribution < 1.29 is 4.79 Å². The van der Waals surface area contributed by atoms with Crippen molar-refractivity contribution in [2.45, 2.75) is 39.7 Å². The van der Waals surface area contributed by atoms with Crippen molar-refractivity contribution >= 4 is 11.6 Å². The van der Waals surface area contributed by atoms with Crippen molar-refractivity contribution in [3.05, 3.63) is 0 Å². The van der Waals surface area contributed by atoms with Gasteiger partial charge in [0.1, 0.15) is 5.78 Å². The molecule has 0 saturated carbocycles. The maximum atomic E-state index is 10.7. The SMILES string of the molecule is CN/C(C)=N\C(C)(C)CNCCC(C)=O. The van der Waals surface area contributed by atoms with Crippen LogP contribution in [0.2, 0.25) is 0 Å². The smallest absolute Gasteiger partial charge is 0.131 e. The zero-order valence-electron chi connectivity index (χ0n) is 10.5. The Hall–Kier alpha value is -0.900. The van der Waals surface area contributed by atoms with Gasteiger partial charge in [0.05, 0.1) is 11.4 Å². The third kappa shape index (κ3) is 8.12. The van der Waals surface area contributed by atoms with Gasteiger partial charge in [0.15, 0.2) is 0 Å². The molecule has 88 valence electrons. The highest BCUT2D eigenvalue weighted by Crippen LogP contribution is 2.06. The molecule has 0 fully saturated rings. The highest BCUT2D eigenvalue weighted by atomic mass is 16.1. The summed E-state index contributed by atoms with van der Waals surface area (Å²) in [7, 11) is 1.86. The summed E-state index contributed by atoms with van der Waals surface area (Å²) in [6, 6.07) is 0. The van der Waals surface area contributed by atoms with Crippen LogP contribution in [0.4, 0.5) is 0 Å². The normalized spacial score (nSPS) is 12.7. The second-order valence-electron chi connectivity index (χ2n) is 4.39. The lowest BCUT2D eigenvalue weighted by Gasteiger charge is -2.21. The zero-order chi connectivity index (χ0) is 11.9. The van der Waals surface area contributed by atoms with Crippen LogP contribution < -0.4 is 10.6 Å². The van der Waals surface area contributed by atoms with E-state index >= 15 is 0 Å². The molecule has 0 unspecified atom stereocenters. The van der Waals surface area contributed by atoms with E-state index in [1.165, 1.54) is 0 Å². The Balaban J connectivity index is 3.89. The Bertz CT molecular complexity index is 234. The minimum absolute atomic E-state index is 0.135. The molecule has 4 heteroatoms. The first kappa shape index (κ1) is 14.1. The quantitative estimate of drug-likeness (QED) is 0.393. The van der Waals surface area contributed by atoms with Crippen LogP contribution >= 0.6 is 0 Å². The molecule has 0 spiro atoms. The van der Waals surface area contributed by atoms with Crippen LogP contribution in [0.1, 0.15) is 34.1 Å². The van der Waals surface area contributed by atoms with Crippen LogP contribution in [0, 0.1) is 0 Å². The molecule has 0 heterocycles. The van der Waals surface area contributed by atoms with Crippen LogP contribution in [0.3, 0.4) is 0 Å². The predicted molar refractivity (Wildman–Crippen MR) is 64.4 cm³/mol. The molecule has 0 radical (unpaired) electrons. The molecular formula is C11H23N3O. The molecule has 15 heavy (non-hydrogen) atoms. The molecule has 0 saturated heterocycles. The van der Waals surface area contributed by atoms with E-state index in [-0.39, 0.29) is 11.3 Å². The molecule has 0 aliphatic carbocycles. The fourth-order valence-electron chi connectivity index (χ4n) is 1.21. The van der Waals surface area contributed by atoms with Gasteiger partial charge in [-0.3, -0.25) is 9.79 Å². The molecule has 0 aromatic heterocycles. The first-order valence-corrected chi connectivity index (χ1v) is 5.32. The molecule has 4 nitrogen and oxygen atoms in total. The largest absolute Gasteiger partial charge is 0.377 e. The van der Waals surface area contributed by atoms with E-state index in [0.717, 1.165) is 18.9 Å². The first-order chi connectivity index (χ1) is 6.87. The minimum atomic E-state index is -0.135. The Morgan fingerprint density at radius 2 is 1.93 bits per heavy atom. The monoisotopic (exact) mass is 213 g/mol. The molecule has 0 aromatic carbocycles. The highest BCUT2D eigenvalue weighted by molar-refractivity contribution is 5.79. The van der Waals surface area contributed by atoms with Crippen molar-refractivity contribution in [2.24, 2.45) is 4.99 Å². The molecule has 0 bridgehead atoms. The third-order valence-corrected chi connectivity index (χ3v) is 2.04. The third-order valence-electron chi connectivity index (χ3n) is 2.04. The lowest BCUT2D eigenvalue weighted by atomic mass is 10.1. The van der Waals surface area contributed by atoms with E-state index in [1.807, 2.05) is 14.0 Å². The summed E-state index contributed by atoms with van der Waals surface area (Å²) in [5.74, 6) is 1.14. The summed E-state index contributed by atoms with van der Waals surface area (Å²) in [6.45, 7) is 9.18. The number of nitrogens with one attached hydrogen (secondary N) is 2. The maximum absolute atomic E-state index is 10.7. The molecule has 0 amide bonds. The summed E-state index contributed by atoms with van der Waals surface area (Å²) in [5.41, 5.74) is -0.135. The number of ketones is 1. The number of carbonyl (C=O) groups excluding carboxylic acids is 1. The molecule has 0 rings (SSSR count). The fraction of sp³-hybridized carbons (Fsp3) is 0.818. The lowest BCUT2D eigenvalue weighted by molar-refractivity contribution is -0.116. The predicted octanol–water partition coefficient (Wildman–Crippen LogP) is 0.972. The van der Waals surface area contributed by atoms with E-state index in [0.29, 0.717) is 6.42 Å². The Labute approximate surface area is 92.5 Å². The van der Waals surface area contributed by atoms with Crippen LogP contribution in [0.15, 0.2) is 4.99 Å². The summed E-state index contributed by atoms with van der Waals surface area (Å²) in [5, 5.41) is 6.23. The van der Waals surface area contributed by atoms with E-state index in [9.17, 15) is 4.79 Å². The molecule has 0 aliphatic heterocycles. The van der Waals surface area contributed by atoms with Crippen LogP contribution in [0.5, 0.6) is 0 Å². The van der Waals surface area contributed by atoms with Crippen molar-refractivity contribution in [2.75, 3.05) is 20.1 Å². The van der Waals surface area contributed by atoms with E-state index in [2.05, 4.69) is 29.5 Å². The number of rotatable bonds is 6. The van der Waals surface area contributed by atoms with E-state index in [4.69, 9.17) is 0 Å². The van der Waals surface area contributed by atoms with Crippen molar-refractivity contribution in [1.82, 2.24) is 10.6 Å². The highest BCUT2D eigenvalue weighted by Gasteiger charge is 2.15. The fourth-order valence-corrected chi connectivity index (χ4v) is 1.21. The van der Waals surface area contributed by atoms with Gasteiger partial charge in [-0.25, -0.2) is 0 Å². The Kier molecular flexibility index (Phi) is 6.17. The van der Waals surface area contributed by atoms with Crippen molar-refractivity contribution in [1.29, 1.82) is 0 Å². The zero-order valence-corrected chi connectivity index (χ0v) is 10.5. The number of aliphatic imine (C=N–C) groups is 1. The average Bonchev–Trinajstić information content (AvgIpc) is 2.11. The van der Waals surface area contributed by atoms with Gasteiger partial charge in [-0.1, -0.05) is 0 Å². The van der Waals surface area contributed by atoms with Gasteiger partial charge >= 0.3 is 0 Å². The molecular weight excluding hydrogens is 190 g/mol. The number of Topliss-reactive ketones (excluding diaryl/α,β-unsaturated/α-hetero) is 1. The van der Waals surface area contributed by atoms with Crippen LogP contribution in [0.25, 0.3) is 0 Å². The topological polar surface area (TPSA) is 53.5 Å². The van der Waals surface area contributed by atoms with Crippen molar-refractivity contribution in [3.63, 3.8) is 0 Å². The molecule has 0 aliphatic rings. The Morgan fingerprint density at radius 1 is 1.33 bits per heavy atom. The second-order valence-corrected chi connectivity index (χ2v) is 4.39. The Morgan fingerprint density at radius 3 is 2.40 bits per heavy atom. The molecule has 0 aromatic rings. The van der Waals surface area contributed by atoms with Gasteiger partial charge < -0.3 is 10.6 Å². The number of amidine groups is 1. The van der Waals surface area contributed by atoms with Gasteiger partial charge in [-0.2, -0.15) is 0 Å². The summed E-state index contributed by atoms with van der Waals surface area (Å²) < 4.78 is 0. The summed E-state index contributed by atoms with van der Waals surface area (Å²) in [4.78, 5) is 15.2. The average molecular weight is 213 g/mol. The van der Waals surface area contributed by atoms with Gasteiger partial charge in [0.25, 0.3) is 0 Å². The first-order valence-electron chi connectivity index (χ1n) is 5.32. The number of nitrogens with zero attached hydrogens (tertiary/aromatic N) is 1. The second kappa shape index (κ2) is 6.56. The van der Waals surface area contributed by atoms with Gasteiger partial charge in [0, 0.05) is 26.6 Å². The molecule has 0 atom stereocenters. The molecule has 2 N–H and O–H groups in total. The number of hydrogen-bond donors (Lipinski definition) is 2. The van der Waals surface area contributed by atoms with Crippen LogP contribution in [-0.4, -0.2) is 37.3 Å². The van der Waals surface area contributed by atoms with Gasteiger partial charge in [0.2, 0.25) is 0 Å². The van der Waals surface area contributed by atoms with Gasteiger partial charge in [-0.05, 0) is 27.7 Å². The summed E-state index contributed by atoms with van der Waals surface area (Å²) >= 11 is 0. The standard InChI is InChI=1S/C11H23N3O/c1-9(15)6-7-13-8-11(3,4)14-10(2)12-5/h13H,6-8H2,1-5H3,(H,12,14). The maximum Gasteiger partial charge on any atom is 0.131 e. The van der Waals surface area contributed by atoms with Crippen LogP contribution in [-0.2, 0) is 4.79 Å². The number of hydrogen-bond acceptors (Lipinski definition) is 3. The van der Waals surface area contributed by atoms with Gasteiger partial charge in [-0.15, -0.1) is 0 Å². The minimum Gasteiger partial charge on any atom is -0.377 e. The van der Waals surface area contributed by atoms with E-state index < -0.39 is 0 Å². The van der Waals surface area contributed by atoms with Crippen molar-refractivity contribution in [3.8, 4) is 0 Å². The lowest BCUT2D eigenvalue weighted by Crippen LogP contribution is -2.36. The number of carbonyl (C=O) groups is 1.